The number of amides is 8. The number of primary amides is 1. The van der Waals surface area contributed by atoms with Crippen LogP contribution in [0.1, 0.15) is 56.7 Å². The van der Waals surface area contributed by atoms with Crippen molar-refractivity contribution in [2.45, 2.75) is 114 Å². The number of thiol groups is 2. The average Bonchev–Trinajstić information content (AvgIpc) is 3.77. The molecule has 24 heteroatoms. The number of halogens is 1. The number of benzene rings is 3. The number of aromatic hydroxyl groups is 1. The molecule has 0 aliphatic rings. The van der Waals surface area contributed by atoms with Crippen LogP contribution >= 0.6 is 47.8 Å². The van der Waals surface area contributed by atoms with Crippen molar-refractivity contribution in [2.24, 2.45) is 23.1 Å². The van der Waals surface area contributed by atoms with Crippen LogP contribution in [0, 0.1) is 9.49 Å². The monoisotopic (exact) mass is 1170 g/mol. The highest BCUT2D eigenvalue weighted by Gasteiger charge is 2.36. The summed E-state index contributed by atoms with van der Waals surface area (Å²) in [6.45, 7) is 4.81. The average molecular weight is 1170 g/mol. The van der Waals surface area contributed by atoms with Crippen molar-refractivity contribution in [1.29, 1.82) is 0 Å². The van der Waals surface area contributed by atoms with E-state index in [9.17, 15) is 48.6 Å². The third kappa shape index (κ3) is 18.2. The topological polar surface area (TPSA) is 355 Å². The van der Waals surface area contributed by atoms with E-state index in [1.165, 1.54) is 13.0 Å². The van der Waals surface area contributed by atoms with E-state index in [-0.39, 0.29) is 49.5 Å². The van der Waals surface area contributed by atoms with Gasteiger partial charge in [-0.3, -0.25) is 38.4 Å². The predicted octanol–water partition coefficient (Wildman–Crippen LogP) is -0.262. The van der Waals surface area contributed by atoms with Crippen LogP contribution in [0.25, 0.3) is 10.9 Å². The Morgan fingerprint density at radius 2 is 1.15 bits per heavy atom. The van der Waals surface area contributed by atoms with Crippen molar-refractivity contribution in [3.63, 3.8) is 0 Å². The first-order valence-electron chi connectivity index (χ1n) is 24.0. The van der Waals surface area contributed by atoms with Crippen LogP contribution in [0.4, 0.5) is 0 Å². The number of carbonyl (C=O) groups excluding carboxylic acids is 8. The van der Waals surface area contributed by atoms with Crippen LogP contribution in [0.5, 0.6) is 5.75 Å². The van der Waals surface area contributed by atoms with Crippen molar-refractivity contribution in [2.75, 3.05) is 18.1 Å². The van der Waals surface area contributed by atoms with E-state index in [1.54, 1.807) is 38.2 Å². The number of carbonyl (C=O) groups is 8. The summed E-state index contributed by atoms with van der Waals surface area (Å²) in [5.41, 5.74) is 20.1. The molecule has 1 heterocycles. The number of aromatic amines is 1. The number of unbranched alkanes of at least 4 members (excludes halogenated alkanes) is 1. The molecule has 3 aromatic carbocycles. The van der Waals surface area contributed by atoms with Gasteiger partial charge in [0.25, 0.3) is 0 Å². The fourth-order valence-corrected chi connectivity index (χ4v) is 8.89. The van der Waals surface area contributed by atoms with E-state index in [0.29, 0.717) is 27.5 Å². The number of nitrogens with one attached hydrogen (secondary N) is 8. The second-order valence-electron chi connectivity index (χ2n) is 18.2. The highest BCUT2D eigenvalue weighted by Crippen LogP contribution is 2.22. The molecule has 4 rings (SSSR count). The fourth-order valence-electron chi connectivity index (χ4n) is 7.79. The number of hydrogen-bond donors (Lipinski definition) is 15. The molecule has 0 bridgehead atoms. The lowest BCUT2D eigenvalue weighted by Crippen LogP contribution is -2.62. The molecule has 16 N–H and O–H groups in total. The first-order valence-corrected chi connectivity index (χ1v) is 26.4. The maximum Gasteiger partial charge on any atom is 0.244 e. The standard InChI is InChI=1S/C50H68IN11O10S2/c1-26(2)41(50(72)60-39(25-74)49(71)62-42(27(3)63)43(54)65)61-45(67)35(15-9-10-18-52)56-47(69)37(22-30-23-55-34-14-8-7-13-31(30)34)58-46(68)36(21-29-16-17-40(64)32(51)19-29)57-48(70)38(24-73)59-44(66)33(53)20-28-11-5-4-6-12-28/h4-8,11-14,16-17,19,23,26-27,33,35-39,41-42,55,63-64,73-74H,9-10,15,18,20-22,24-25,52-53H2,1-3H3,(H2,54,65)(H,56,69)(H,57,70)(H,58,68)(H,59,66)(H,60,72)(H,61,67)(H,62,71)/t27-,33-,35+,36+,37-,38+,39+,41+,42+/m1/s1. The quantitative estimate of drug-likeness (QED) is 0.0190. The molecule has 8 amide bonds. The van der Waals surface area contributed by atoms with E-state index in [2.05, 4.69) is 67.5 Å². The van der Waals surface area contributed by atoms with Gasteiger partial charge in [-0.05, 0) is 103 Å². The molecular formula is C50H68IN11O10S2. The highest BCUT2D eigenvalue weighted by molar-refractivity contribution is 14.1. The van der Waals surface area contributed by atoms with E-state index < -0.39 is 108 Å². The van der Waals surface area contributed by atoms with Gasteiger partial charge in [0.1, 0.15) is 48.0 Å². The van der Waals surface area contributed by atoms with Gasteiger partial charge in [-0.2, -0.15) is 25.3 Å². The zero-order valence-corrected chi connectivity index (χ0v) is 45.3. The lowest BCUT2D eigenvalue weighted by Gasteiger charge is -2.29. The molecule has 1 aromatic heterocycles. The Hall–Kier alpha value is -5.93. The number of aromatic nitrogens is 1. The van der Waals surface area contributed by atoms with E-state index in [4.69, 9.17) is 17.2 Å². The summed E-state index contributed by atoms with van der Waals surface area (Å²) < 4.78 is 0.462. The van der Waals surface area contributed by atoms with Crippen molar-refractivity contribution in [3.05, 3.63) is 99.3 Å². The molecule has 402 valence electrons. The Labute approximate surface area is 454 Å². The van der Waals surface area contributed by atoms with Gasteiger partial charge < -0.3 is 69.6 Å². The molecule has 0 aliphatic heterocycles. The minimum atomic E-state index is -1.46. The first kappa shape index (κ1) is 60.6. The van der Waals surface area contributed by atoms with E-state index in [0.717, 1.165) is 16.5 Å². The molecule has 0 spiro atoms. The number of rotatable bonds is 29. The summed E-state index contributed by atoms with van der Waals surface area (Å²) >= 11 is 10.4. The highest BCUT2D eigenvalue weighted by atomic mass is 127. The zero-order chi connectivity index (χ0) is 54.6. The van der Waals surface area contributed by atoms with Gasteiger partial charge in [0.2, 0.25) is 47.3 Å². The number of para-hydroxylation sites is 1. The molecule has 0 radical (unpaired) electrons. The maximum absolute atomic E-state index is 14.7. The SMILES string of the molecule is CC(C)[C@H](NC(=O)[C@H](CCCCN)NC(=O)[C@@H](Cc1c[nH]c2ccccc12)NC(=O)[C@H](Cc1ccc(O)c(I)c1)NC(=O)[C@H](CS)NC(=O)[C@H](N)Cc1ccccc1)C(=O)N[C@@H](CS)C(=O)N[C@H](C(N)=O)[C@@H](C)O. The van der Waals surface area contributed by atoms with Gasteiger partial charge in [0, 0.05) is 41.4 Å². The van der Waals surface area contributed by atoms with Gasteiger partial charge in [0.15, 0.2) is 0 Å². The van der Waals surface area contributed by atoms with Gasteiger partial charge >= 0.3 is 0 Å². The smallest absolute Gasteiger partial charge is 0.244 e. The van der Waals surface area contributed by atoms with Crippen LogP contribution in [-0.4, -0.2) is 135 Å². The number of fused-ring (bicyclic) bond motifs is 1. The molecule has 0 saturated carbocycles. The second-order valence-corrected chi connectivity index (χ2v) is 20.1. The molecule has 9 atom stereocenters. The molecule has 4 aromatic rings. The van der Waals surface area contributed by atoms with Gasteiger partial charge in [0.05, 0.1) is 15.7 Å². The van der Waals surface area contributed by atoms with Crippen molar-refractivity contribution in [3.8, 4) is 5.75 Å². The third-order valence-electron chi connectivity index (χ3n) is 12.0. The Balaban J connectivity index is 1.64. The normalized spacial score (nSPS) is 14.9. The number of hydrogen-bond acceptors (Lipinski definition) is 14. The molecule has 0 unspecified atom stereocenters. The molecular weight excluding hydrogens is 1110 g/mol. The number of aliphatic hydroxyl groups excluding tert-OH is 1. The third-order valence-corrected chi connectivity index (χ3v) is 13.6. The Morgan fingerprint density at radius 3 is 1.73 bits per heavy atom. The number of phenolic OH excluding ortho intramolecular Hbond substituents is 1. The lowest BCUT2D eigenvalue weighted by molar-refractivity contribution is -0.136. The van der Waals surface area contributed by atoms with Crippen LogP contribution in [0.3, 0.4) is 0 Å². The van der Waals surface area contributed by atoms with Crippen LogP contribution < -0.4 is 54.4 Å². The minimum Gasteiger partial charge on any atom is -0.507 e. The van der Waals surface area contributed by atoms with Crippen LogP contribution in [0.15, 0.2) is 79.0 Å². The molecule has 74 heavy (non-hydrogen) atoms. The predicted molar refractivity (Wildman–Crippen MR) is 294 cm³/mol. The number of nitrogens with two attached hydrogens (primary N) is 3. The van der Waals surface area contributed by atoms with Gasteiger partial charge in [-0.1, -0.05) is 68.4 Å². The summed E-state index contributed by atoms with van der Waals surface area (Å²) in [6, 6.07) is 10.6. The van der Waals surface area contributed by atoms with E-state index >= 15 is 0 Å². The van der Waals surface area contributed by atoms with Gasteiger partial charge in [-0.15, -0.1) is 0 Å². The molecule has 21 nitrogen and oxygen atoms in total. The summed E-state index contributed by atoms with van der Waals surface area (Å²) in [7, 11) is 0. The number of phenols is 1. The summed E-state index contributed by atoms with van der Waals surface area (Å²) in [4.78, 5) is 113. The Bertz CT molecular complexity index is 2570. The molecule has 0 aliphatic carbocycles. The van der Waals surface area contributed by atoms with Crippen LogP contribution in [0.2, 0.25) is 0 Å². The van der Waals surface area contributed by atoms with E-state index in [1.807, 2.05) is 71.1 Å². The van der Waals surface area contributed by atoms with Gasteiger partial charge in [-0.25, -0.2) is 0 Å². The molecule has 0 saturated heterocycles. The molecule has 0 fully saturated rings. The summed E-state index contributed by atoms with van der Waals surface area (Å²) in [5, 5.41) is 39.4. The Morgan fingerprint density at radius 1 is 0.622 bits per heavy atom. The zero-order valence-electron chi connectivity index (χ0n) is 41.3. The van der Waals surface area contributed by atoms with Crippen molar-refractivity contribution < 1.29 is 48.6 Å². The second kappa shape index (κ2) is 29.8. The van der Waals surface area contributed by atoms with Crippen LogP contribution in [-0.2, 0) is 57.6 Å². The number of aliphatic hydroxyl groups is 1. The Kier molecular flexibility index (Phi) is 24.4. The summed E-state index contributed by atoms with van der Waals surface area (Å²) in [5.74, 6) is -7.45. The van der Waals surface area contributed by atoms with Crippen molar-refractivity contribution in [1.82, 2.24) is 42.2 Å². The first-order chi connectivity index (χ1) is 35.2. The number of H-pyrrole nitrogens is 1. The summed E-state index contributed by atoms with van der Waals surface area (Å²) in [6.07, 6.45) is 1.15. The van der Waals surface area contributed by atoms with Crippen molar-refractivity contribution >= 4 is 106 Å². The lowest BCUT2D eigenvalue weighted by atomic mass is 10.00. The maximum atomic E-state index is 14.7. The fraction of sp³-hybridized carbons (Fsp3) is 0.440. The minimum absolute atomic E-state index is 0.0112. The largest absolute Gasteiger partial charge is 0.507 e.